The Morgan fingerprint density at radius 2 is 2.03 bits per heavy atom. The summed E-state index contributed by atoms with van der Waals surface area (Å²) in [5.41, 5.74) is 1.02. The van der Waals surface area contributed by atoms with E-state index >= 15 is 0 Å². The fourth-order valence-electron chi connectivity index (χ4n) is 3.45. The number of hydrogen-bond acceptors (Lipinski definition) is 9. The number of fused-ring (bicyclic) bond motifs is 2. The first-order chi connectivity index (χ1) is 14.1. The van der Waals surface area contributed by atoms with Crippen LogP contribution in [0.4, 0.5) is 0 Å². The molecule has 5 rings (SSSR count). The molecule has 3 aromatic rings. The number of ether oxygens (including phenoxy) is 4. The van der Waals surface area contributed by atoms with Crippen LogP contribution in [0.3, 0.4) is 0 Å². The zero-order valence-electron chi connectivity index (χ0n) is 15.1. The molecule has 9 nitrogen and oxygen atoms in total. The highest BCUT2D eigenvalue weighted by Crippen LogP contribution is 2.31. The van der Waals surface area contributed by atoms with Gasteiger partial charge in [0.25, 0.3) is 6.01 Å². The summed E-state index contributed by atoms with van der Waals surface area (Å²) in [5, 5.41) is 19.3. The highest BCUT2D eigenvalue weighted by Gasteiger charge is 2.48. The first kappa shape index (κ1) is 19.0. The third kappa shape index (κ3) is 3.67. The quantitative estimate of drug-likeness (QED) is 0.530. The maximum atomic E-state index is 9.83. The van der Waals surface area contributed by atoms with Crippen LogP contribution in [0.1, 0.15) is 9.75 Å². The first-order valence-corrected chi connectivity index (χ1v) is 10.3. The Morgan fingerprint density at radius 1 is 1.21 bits per heavy atom. The van der Waals surface area contributed by atoms with Gasteiger partial charge in [-0.25, -0.2) is 0 Å². The van der Waals surface area contributed by atoms with E-state index in [2.05, 4.69) is 15.0 Å². The van der Waals surface area contributed by atoms with E-state index in [0.29, 0.717) is 29.4 Å². The van der Waals surface area contributed by atoms with Crippen molar-refractivity contribution < 1.29 is 29.2 Å². The molecule has 154 valence electrons. The van der Waals surface area contributed by atoms with Gasteiger partial charge in [-0.2, -0.15) is 9.97 Å². The number of nitrogens with zero attached hydrogens (tertiary/aromatic N) is 2. The fourth-order valence-corrected chi connectivity index (χ4v) is 4.45. The molecule has 5 heterocycles. The molecule has 0 radical (unpaired) electrons. The van der Waals surface area contributed by atoms with Crippen LogP contribution < -0.4 is 9.47 Å². The number of imidazole rings is 1. The van der Waals surface area contributed by atoms with E-state index in [-0.39, 0.29) is 43.4 Å². The first-order valence-electron chi connectivity index (χ1n) is 9.06. The fraction of sp³-hybridized carbons (Fsp3) is 0.444. The maximum absolute atomic E-state index is 9.83. The molecule has 29 heavy (non-hydrogen) atoms. The van der Waals surface area contributed by atoms with Gasteiger partial charge in [-0.15, -0.1) is 11.3 Å². The Hall–Kier alpha value is -1.95. The molecule has 2 fully saturated rings. The Bertz CT molecular complexity index is 1030. The van der Waals surface area contributed by atoms with Crippen molar-refractivity contribution in [1.29, 1.82) is 0 Å². The summed E-state index contributed by atoms with van der Waals surface area (Å²) in [5.74, 6) is 0.266. The minimum atomic E-state index is -0.638. The van der Waals surface area contributed by atoms with Crippen LogP contribution in [0.15, 0.2) is 18.2 Å². The number of thiophene rings is 1. The second-order valence-electron chi connectivity index (χ2n) is 6.82. The second-order valence-corrected chi connectivity index (χ2v) is 8.48. The molecule has 4 atom stereocenters. The summed E-state index contributed by atoms with van der Waals surface area (Å²) in [6, 6.07) is 5.69. The number of pyridine rings is 1. The number of aliphatic hydroxyl groups is 2. The number of aromatic nitrogens is 3. The number of hydrogen-bond donors (Lipinski definition) is 3. The van der Waals surface area contributed by atoms with Gasteiger partial charge in [0, 0.05) is 9.75 Å². The summed E-state index contributed by atoms with van der Waals surface area (Å²) in [6.07, 6.45) is -1.71. The Morgan fingerprint density at radius 3 is 2.86 bits per heavy atom. The molecule has 2 aliphatic heterocycles. The molecular formula is C18H18ClN3O6S. The molecule has 3 N–H and O–H groups in total. The van der Waals surface area contributed by atoms with Crippen LogP contribution in [0.25, 0.3) is 11.2 Å². The molecule has 0 amide bonds. The van der Waals surface area contributed by atoms with Gasteiger partial charge < -0.3 is 34.1 Å². The van der Waals surface area contributed by atoms with Crippen LogP contribution in [-0.4, -0.2) is 62.8 Å². The number of aliphatic hydroxyl groups excluding tert-OH is 2. The molecule has 1 unspecified atom stereocenters. The summed E-state index contributed by atoms with van der Waals surface area (Å²) in [7, 11) is 0. The SMILES string of the molecule is OCc1ccc(COc2nc3nc(O[C@@H]4CO[C@H]5C4OC[C@H]5O)[nH]c3cc2Cl)s1. The van der Waals surface area contributed by atoms with Crippen molar-refractivity contribution in [3.8, 4) is 11.9 Å². The van der Waals surface area contributed by atoms with Crippen molar-refractivity contribution in [2.75, 3.05) is 13.2 Å². The lowest BCUT2D eigenvalue weighted by atomic mass is 10.1. The van der Waals surface area contributed by atoms with Crippen molar-refractivity contribution >= 4 is 34.1 Å². The molecule has 2 saturated heterocycles. The van der Waals surface area contributed by atoms with Gasteiger partial charge in [-0.1, -0.05) is 11.6 Å². The monoisotopic (exact) mass is 439 g/mol. The minimum Gasteiger partial charge on any atom is -0.471 e. The summed E-state index contributed by atoms with van der Waals surface area (Å²) in [6.45, 7) is 0.835. The van der Waals surface area contributed by atoms with E-state index in [1.807, 2.05) is 12.1 Å². The Labute approximate surface area is 174 Å². The Balaban J connectivity index is 1.30. The number of nitrogens with one attached hydrogen (secondary N) is 1. The molecule has 0 saturated carbocycles. The number of aromatic amines is 1. The third-order valence-electron chi connectivity index (χ3n) is 4.84. The van der Waals surface area contributed by atoms with Crippen LogP contribution >= 0.6 is 22.9 Å². The lowest BCUT2D eigenvalue weighted by molar-refractivity contribution is 0.00706. The van der Waals surface area contributed by atoms with Crippen molar-refractivity contribution in [3.05, 3.63) is 33.0 Å². The van der Waals surface area contributed by atoms with E-state index in [0.717, 1.165) is 9.75 Å². The van der Waals surface area contributed by atoms with Crippen molar-refractivity contribution in [2.24, 2.45) is 0 Å². The molecule has 11 heteroatoms. The van der Waals surface area contributed by atoms with Crippen LogP contribution in [0.2, 0.25) is 5.02 Å². The van der Waals surface area contributed by atoms with Crippen LogP contribution in [-0.2, 0) is 22.7 Å². The zero-order valence-corrected chi connectivity index (χ0v) is 16.7. The number of rotatable bonds is 6. The van der Waals surface area contributed by atoms with Gasteiger partial charge in [-0.3, -0.25) is 0 Å². The topological polar surface area (TPSA) is 119 Å². The highest BCUT2D eigenvalue weighted by molar-refractivity contribution is 7.11. The molecule has 2 aliphatic rings. The maximum Gasteiger partial charge on any atom is 0.296 e. The van der Waals surface area contributed by atoms with Gasteiger partial charge >= 0.3 is 0 Å². The minimum absolute atomic E-state index is 0.00329. The predicted molar refractivity (Wildman–Crippen MR) is 103 cm³/mol. The predicted octanol–water partition coefficient (Wildman–Crippen LogP) is 1.65. The second kappa shape index (κ2) is 7.71. The highest BCUT2D eigenvalue weighted by atomic mass is 35.5. The van der Waals surface area contributed by atoms with E-state index in [1.54, 1.807) is 6.07 Å². The lowest BCUT2D eigenvalue weighted by Gasteiger charge is -2.15. The average Bonchev–Trinajstić information content (AvgIpc) is 3.47. The van der Waals surface area contributed by atoms with Gasteiger partial charge in [0.1, 0.15) is 29.9 Å². The number of H-pyrrole nitrogens is 1. The van der Waals surface area contributed by atoms with Gasteiger partial charge in [0.15, 0.2) is 11.8 Å². The summed E-state index contributed by atoms with van der Waals surface area (Å²) in [4.78, 5) is 13.6. The third-order valence-corrected chi connectivity index (χ3v) is 6.16. The van der Waals surface area contributed by atoms with Crippen LogP contribution in [0, 0.1) is 0 Å². The molecule has 0 spiro atoms. The van der Waals surface area contributed by atoms with E-state index in [4.69, 9.17) is 35.7 Å². The van der Waals surface area contributed by atoms with E-state index < -0.39 is 6.10 Å². The van der Waals surface area contributed by atoms with Gasteiger partial charge in [0.2, 0.25) is 5.88 Å². The summed E-state index contributed by atoms with van der Waals surface area (Å²) < 4.78 is 22.7. The van der Waals surface area contributed by atoms with Gasteiger partial charge in [-0.05, 0) is 18.2 Å². The molecular weight excluding hydrogens is 422 g/mol. The normalized spacial score (nSPS) is 26.2. The zero-order chi connectivity index (χ0) is 20.0. The van der Waals surface area contributed by atoms with E-state index in [1.165, 1.54) is 11.3 Å². The van der Waals surface area contributed by atoms with Gasteiger partial charge in [0.05, 0.1) is 25.3 Å². The molecule has 0 aliphatic carbocycles. The molecule has 0 aromatic carbocycles. The summed E-state index contributed by atoms with van der Waals surface area (Å²) >= 11 is 7.75. The van der Waals surface area contributed by atoms with Crippen LogP contribution in [0.5, 0.6) is 11.9 Å². The van der Waals surface area contributed by atoms with Crippen molar-refractivity contribution in [3.63, 3.8) is 0 Å². The lowest BCUT2D eigenvalue weighted by Crippen LogP contribution is -2.34. The standard InChI is InChI=1S/C18H18ClN3O6S/c19-10-3-11-16(21-17(10)27-5-9-2-1-8(4-23)29-9)22-18(20-11)28-13-7-26-14-12(24)6-25-15(13)14/h1-3,12-15,23-24H,4-7H2,(H,20,21,22)/t12-,13-,14-,15?/m1/s1. The number of halogens is 1. The van der Waals surface area contributed by atoms with Crippen molar-refractivity contribution in [1.82, 2.24) is 15.0 Å². The largest absolute Gasteiger partial charge is 0.471 e. The molecule has 3 aromatic heterocycles. The van der Waals surface area contributed by atoms with Crippen molar-refractivity contribution in [2.45, 2.75) is 37.6 Å². The van der Waals surface area contributed by atoms with E-state index in [9.17, 15) is 5.11 Å². The Kier molecular flexibility index (Phi) is 5.06. The average molecular weight is 440 g/mol. The molecule has 0 bridgehead atoms. The smallest absolute Gasteiger partial charge is 0.296 e.